The lowest BCUT2D eigenvalue weighted by Gasteiger charge is -2.22. The maximum atomic E-state index is 12.3. The Morgan fingerprint density at radius 3 is 2.67 bits per heavy atom. The summed E-state index contributed by atoms with van der Waals surface area (Å²) in [6.07, 6.45) is 2.39. The Bertz CT molecular complexity index is 1110. The summed E-state index contributed by atoms with van der Waals surface area (Å²) < 4.78 is 41.6. The van der Waals surface area contributed by atoms with E-state index in [2.05, 4.69) is 26.5 Å². The minimum Gasteiger partial charge on any atom is -0.495 e. The number of benzene rings is 2. The standard InChI is InChI=1S/C18H17BrClN3O6S/c1-27-15-4-3-12(6-14(15)20)23(30(2,25)26)9-18(24)22-21-8-11-5-16-17(7-13(11)19)29-10-28-16/h3-8H,9-10H2,1-2H3,(H,22,24)/b21-8-. The number of nitrogens with zero attached hydrogens (tertiary/aromatic N) is 2. The second-order valence-corrected chi connectivity index (χ2v) is 9.28. The highest BCUT2D eigenvalue weighted by Gasteiger charge is 2.22. The number of ether oxygens (including phenoxy) is 3. The fourth-order valence-corrected chi connectivity index (χ4v) is 4.11. The number of sulfonamides is 1. The van der Waals surface area contributed by atoms with Crippen molar-refractivity contribution in [3.8, 4) is 17.2 Å². The zero-order chi connectivity index (χ0) is 21.9. The van der Waals surface area contributed by atoms with Gasteiger partial charge < -0.3 is 14.2 Å². The molecule has 1 amide bonds. The zero-order valence-electron chi connectivity index (χ0n) is 15.9. The normalized spacial score (nSPS) is 12.8. The molecular weight excluding hydrogens is 502 g/mol. The van der Waals surface area contributed by atoms with Gasteiger partial charge in [-0.2, -0.15) is 5.10 Å². The molecule has 1 aliphatic heterocycles. The van der Waals surface area contributed by atoms with Crippen molar-refractivity contribution in [2.45, 2.75) is 0 Å². The lowest BCUT2D eigenvalue weighted by atomic mass is 10.2. The summed E-state index contributed by atoms with van der Waals surface area (Å²) in [5.41, 5.74) is 3.17. The number of anilines is 1. The molecule has 30 heavy (non-hydrogen) atoms. The van der Waals surface area contributed by atoms with Crippen LogP contribution in [-0.2, 0) is 14.8 Å². The quantitative estimate of drug-likeness (QED) is 0.446. The Hall–Kier alpha value is -2.50. The third kappa shape index (κ3) is 5.15. The van der Waals surface area contributed by atoms with Crippen molar-refractivity contribution in [1.29, 1.82) is 0 Å². The molecule has 0 aliphatic carbocycles. The fourth-order valence-electron chi connectivity index (χ4n) is 2.58. The Kier molecular flexibility index (Phi) is 6.74. The van der Waals surface area contributed by atoms with Gasteiger partial charge in [-0.05, 0) is 46.3 Å². The van der Waals surface area contributed by atoms with Gasteiger partial charge in [0.15, 0.2) is 11.5 Å². The van der Waals surface area contributed by atoms with E-state index in [0.717, 1.165) is 10.6 Å². The van der Waals surface area contributed by atoms with E-state index in [9.17, 15) is 13.2 Å². The molecule has 160 valence electrons. The molecule has 0 radical (unpaired) electrons. The lowest BCUT2D eigenvalue weighted by molar-refractivity contribution is -0.119. The smallest absolute Gasteiger partial charge is 0.260 e. The monoisotopic (exact) mass is 517 g/mol. The number of amides is 1. The Labute approximate surface area is 186 Å². The molecule has 0 saturated carbocycles. The van der Waals surface area contributed by atoms with Crippen molar-refractivity contribution in [3.63, 3.8) is 0 Å². The fraction of sp³-hybridized carbons (Fsp3) is 0.222. The van der Waals surface area contributed by atoms with Crippen molar-refractivity contribution < 1.29 is 27.4 Å². The summed E-state index contributed by atoms with van der Waals surface area (Å²) in [5.74, 6) is 0.910. The van der Waals surface area contributed by atoms with E-state index < -0.39 is 22.5 Å². The number of nitrogens with one attached hydrogen (secondary N) is 1. The molecule has 12 heteroatoms. The molecule has 1 aliphatic rings. The predicted molar refractivity (Wildman–Crippen MR) is 116 cm³/mol. The minimum atomic E-state index is -3.76. The van der Waals surface area contributed by atoms with Crippen molar-refractivity contribution in [1.82, 2.24) is 5.43 Å². The largest absolute Gasteiger partial charge is 0.495 e. The number of hydrogen-bond acceptors (Lipinski definition) is 7. The van der Waals surface area contributed by atoms with Gasteiger partial charge in [0, 0.05) is 10.0 Å². The first kappa shape index (κ1) is 22.2. The van der Waals surface area contributed by atoms with Crippen LogP contribution in [0.3, 0.4) is 0 Å². The van der Waals surface area contributed by atoms with Gasteiger partial charge in [0.05, 0.1) is 30.3 Å². The molecule has 0 aromatic heterocycles. The van der Waals surface area contributed by atoms with E-state index in [1.807, 2.05) is 0 Å². The van der Waals surface area contributed by atoms with Crippen LogP contribution < -0.4 is 23.9 Å². The zero-order valence-corrected chi connectivity index (χ0v) is 19.0. The molecule has 0 unspecified atom stereocenters. The van der Waals surface area contributed by atoms with E-state index >= 15 is 0 Å². The van der Waals surface area contributed by atoms with Crippen LogP contribution in [0.15, 0.2) is 39.9 Å². The molecule has 2 aromatic carbocycles. The summed E-state index contributed by atoms with van der Waals surface area (Å²) in [6, 6.07) is 7.84. The molecule has 1 N–H and O–H groups in total. The summed E-state index contributed by atoms with van der Waals surface area (Å²) >= 11 is 9.46. The van der Waals surface area contributed by atoms with E-state index in [-0.39, 0.29) is 17.5 Å². The molecule has 0 saturated heterocycles. The second-order valence-electron chi connectivity index (χ2n) is 6.11. The van der Waals surface area contributed by atoms with Crippen LogP contribution in [0.4, 0.5) is 5.69 Å². The Morgan fingerprint density at radius 2 is 2.03 bits per heavy atom. The number of rotatable bonds is 7. The second kappa shape index (κ2) is 9.11. The third-order valence-corrected chi connectivity index (χ3v) is 6.12. The van der Waals surface area contributed by atoms with Gasteiger partial charge in [-0.3, -0.25) is 9.10 Å². The number of halogens is 2. The van der Waals surface area contributed by atoms with Crippen LogP contribution in [0.25, 0.3) is 0 Å². The maximum Gasteiger partial charge on any atom is 0.260 e. The number of carbonyl (C=O) groups is 1. The molecule has 2 aromatic rings. The highest BCUT2D eigenvalue weighted by Crippen LogP contribution is 2.36. The molecule has 0 spiro atoms. The number of hydrazone groups is 1. The molecule has 9 nitrogen and oxygen atoms in total. The first-order chi connectivity index (χ1) is 14.2. The van der Waals surface area contributed by atoms with Crippen molar-refractivity contribution >= 4 is 55.4 Å². The summed E-state index contributed by atoms with van der Waals surface area (Å²) in [6.45, 7) is -0.350. The van der Waals surface area contributed by atoms with E-state index in [0.29, 0.717) is 27.3 Å². The Morgan fingerprint density at radius 1 is 1.33 bits per heavy atom. The van der Waals surface area contributed by atoms with Gasteiger partial charge in [-0.1, -0.05) is 11.6 Å². The first-order valence-electron chi connectivity index (χ1n) is 8.41. The van der Waals surface area contributed by atoms with Gasteiger partial charge in [-0.15, -0.1) is 0 Å². The minimum absolute atomic E-state index is 0.135. The van der Waals surface area contributed by atoms with Crippen LogP contribution in [0, 0.1) is 0 Å². The van der Waals surface area contributed by atoms with Crippen LogP contribution in [-0.4, -0.2) is 47.2 Å². The van der Waals surface area contributed by atoms with Crippen molar-refractivity contribution in [3.05, 3.63) is 45.4 Å². The van der Waals surface area contributed by atoms with Crippen LogP contribution >= 0.6 is 27.5 Å². The van der Waals surface area contributed by atoms with Gasteiger partial charge in [0.25, 0.3) is 5.91 Å². The molecule has 0 atom stereocenters. The highest BCUT2D eigenvalue weighted by molar-refractivity contribution is 9.10. The summed E-state index contributed by atoms with van der Waals surface area (Å²) in [4.78, 5) is 12.3. The SMILES string of the molecule is COc1ccc(N(CC(=O)N/N=C\c2cc3c(cc2Br)OCO3)S(C)(=O)=O)cc1Cl. The summed E-state index contributed by atoms with van der Waals surface area (Å²) in [5, 5.41) is 4.10. The molecular formula is C18H17BrClN3O6S. The molecule has 0 bridgehead atoms. The summed E-state index contributed by atoms with van der Waals surface area (Å²) in [7, 11) is -2.31. The predicted octanol–water partition coefficient (Wildman–Crippen LogP) is 2.76. The van der Waals surface area contributed by atoms with E-state index in [1.165, 1.54) is 31.5 Å². The third-order valence-electron chi connectivity index (χ3n) is 4.00. The van der Waals surface area contributed by atoms with Gasteiger partial charge in [-0.25, -0.2) is 13.8 Å². The number of methoxy groups -OCH3 is 1. The number of hydrogen-bond donors (Lipinski definition) is 1. The van der Waals surface area contributed by atoms with Crippen molar-refractivity contribution in [2.75, 3.05) is 31.0 Å². The molecule has 1 heterocycles. The van der Waals surface area contributed by atoms with E-state index in [4.69, 9.17) is 25.8 Å². The van der Waals surface area contributed by atoms with E-state index in [1.54, 1.807) is 12.1 Å². The average Bonchev–Trinajstić information content (AvgIpc) is 3.12. The molecule has 3 rings (SSSR count). The number of carbonyl (C=O) groups excluding carboxylic acids is 1. The number of fused-ring (bicyclic) bond motifs is 1. The van der Waals surface area contributed by atoms with Crippen molar-refractivity contribution in [2.24, 2.45) is 5.10 Å². The topological polar surface area (TPSA) is 107 Å². The first-order valence-corrected chi connectivity index (χ1v) is 11.4. The Balaban J connectivity index is 1.71. The molecule has 0 fully saturated rings. The van der Waals surface area contributed by atoms with Gasteiger partial charge >= 0.3 is 0 Å². The van der Waals surface area contributed by atoms with Gasteiger partial charge in [0.2, 0.25) is 16.8 Å². The highest BCUT2D eigenvalue weighted by atomic mass is 79.9. The van der Waals surface area contributed by atoms with Gasteiger partial charge in [0.1, 0.15) is 12.3 Å². The average molecular weight is 519 g/mol. The van der Waals surface area contributed by atoms with Crippen LogP contribution in [0.5, 0.6) is 17.2 Å². The van der Waals surface area contributed by atoms with Crippen LogP contribution in [0.1, 0.15) is 5.56 Å². The lowest BCUT2D eigenvalue weighted by Crippen LogP contribution is -2.39. The van der Waals surface area contributed by atoms with Crippen LogP contribution in [0.2, 0.25) is 5.02 Å². The maximum absolute atomic E-state index is 12.3.